The number of aromatic nitrogens is 3. The van der Waals surface area contributed by atoms with Crippen LogP contribution in [0, 0.1) is 6.92 Å². The second-order valence-corrected chi connectivity index (χ2v) is 5.09. The SMILES string of the molecule is CC(C(=O)Nc1cnc2c(c1)c(C)nn2C)=C1CNC1. The number of nitrogens with one attached hydrogen (secondary N) is 2. The Balaban J connectivity index is 1.88. The Bertz CT molecular complexity index is 722. The van der Waals surface area contributed by atoms with E-state index in [1.165, 1.54) is 0 Å². The minimum absolute atomic E-state index is 0.0656. The molecular weight excluding hydrogens is 254 g/mol. The van der Waals surface area contributed by atoms with Crippen LogP contribution in [0.1, 0.15) is 12.6 Å². The molecule has 0 unspecified atom stereocenters. The lowest BCUT2D eigenvalue weighted by molar-refractivity contribution is -0.112. The molecule has 6 nitrogen and oxygen atoms in total. The summed E-state index contributed by atoms with van der Waals surface area (Å²) in [5.41, 5.74) is 4.37. The van der Waals surface area contributed by atoms with Crippen LogP contribution in [0.25, 0.3) is 11.0 Å². The van der Waals surface area contributed by atoms with Gasteiger partial charge in [-0.05, 0) is 25.5 Å². The van der Waals surface area contributed by atoms with Crippen LogP contribution in [0.15, 0.2) is 23.4 Å². The molecule has 0 spiro atoms. The first-order chi connectivity index (χ1) is 9.56. The van der Waals surface area contributed by atoms with Gasteiger partial charge in [0, 0.05) is 31.1 Å². The summed E-state index contributed by atoms with van der Waals surface area (Å²) in [7, 11) is 1.86. The average molecular weight is 271 g/mol. The topological polar surface area (TPSA) is 71.8 Å². The number of carbonyl (C=O) groups excluding carboxylic acids is 1. The van der Waals surface area contributed by atoms with Gasteiger partial charge in [-0.2, -0.15) is 5.10 Å². The fraction of sp³-hybridized carbons (Fsp3) is 0.357. The van der Waals surface area contributed by atoms with E-state index in [9.17, 15) is 4.79 Å². The lowest BCUT2D eigenvalue weighted by Gasteiger charge is -2.21. The Morgan fingerprint density at radius 2 is 2.20 bits per heavy atom. The standard InChI is InChI=1S/C14H17N5O/c1-8(10-5-15-6-10)14(20)17-11-4-12-9(2)18-19(3)13(12)16-7-11/h4,7,15H,5-6H2,1-3H3,(H,17,20). The quantitative estimate of drug-likeness (QED) is 0.803. The largest absolute Gasteiger partial charge is 0.321 e. The van der Waals surface area contributed by atoms with Crippen molar-refractivity contribution in [3.05, 3.63) is 29.1 Å². The number of hydrogen-bond donors (Lipinski definition) is 2. The van der Waals surface area contributed by atoms with Gasteiger partial charge in [0.25, 0.3) is 5.91 Å². The predicted molar refractivity (Wildman–Crippen MR) is 77.4 cm³/mol. The number of pyridine rings is 1. The minimum atomic E-state index is -0.0656. The van der Waals surface area contributed by atoms with Crippen LogP contribution in [-0.4, -0.2) is 33.8 Å². The number of aryl methyl sites for hydroxylation is 2. The molecule has 1 saturated heterocycles. The molecule has 0 bridgehead atoms. The molecule has 0 aromatic carbocycles. The van der Waals surface area contributed by atoms with Crippen LogP contribution in [0.2, 0.25) is 0 Å². The Morgan fingerprint density at radius 3 is 2.85 bits per heavy atom. The summed E-state index contributed by atoms with van der Waals surface area (Å²) in [5, 5.41) is 11.3. The summed E-state index contributed by atoms with van der Waals surface area (Å²) < 4.78 is 1.74. The molecule has 0 atom stereocenters. The zero-order valence-electron chi connectivity index (χ0n) is 11.8. The molecule has 3 heterocycles. The minimum Gasteiger partial charge on any atom is -0.321 e. The van der Waals surface area contributed by atoms with Crippen molar-refractivity contribution in [2.75, 3.05) is 18.4 Å². The number of rotatable bonds is 2. The molecule has 104 valence electrons. The van der Waals surface area contributed by atoms with E-state index in [2.05, 4.69) is 20.7 Å². The van der Waals surface area contributed by atoms with Crippen molar-refractivity contribution >= 4 is 22.6 Å². The van der Waals surface area contributed by atoms with E-state index in [0.29, 0.717) is 5.69 Å². The van der Waals surface area contributed by atoms with Gasteiger partial charge in [-0.3, -0.25) is 9.48 Å². The zero-order chi connectivity index (χ0) is 14.3. The fourth-order valence-corrected chi connectivity index (χ4v) is 2.28. The smallest absolute Gasteiger partial charge is 0.251 e. The van der Waals surface area contributed by atoms with E-state index in [1.54, 1.807) is 10.9 Å². The number of anilines is 1. The molecule has 0 saturated carbocycles. The van der Waals surface area contributed by atoms with E-state index < -0.39 is 0 Å². The van der Waals surface area contributed by atoms with Gasteiger partial charge in [0.2, 0.25) is 0 Å². The number of hydrogen-bond acceptors (Lipinski definition) is 4. The van der Waals surface area contributed by atoms with Crippen LogP contribution in [0.4, 0.5) is 5.69 Å². The second-order valence-electron chi connectivity index (χ2n) is 5.09. The maximum atomic E-state index is 12.1. The first-order valence-corrected chi connectivity index (χ1v) is 6.56. The Hall–Kier alpha value is -2.21. The molecule has 0 aliphatic carbocycles. The highest BCUT2D eigenvalue weighted by Crippen LogP contribution is 2.20. The lowest BCUT2D eigenvalue weighted by atomic mass is 10.0. The Kier molecular flexibility index (Phi) is 3.02. The molecule has 1 amide bonds. The highest BCUT2D eigenvalue weighted by atomic mass is 16.1. The molecule has 6 heteroatoms. The number of fused-ring (bicyclic) bond motifs is 1. The van der Waals surface area contributed by atoms with Crippen molar-refractivity contribution in [2.45, 2.75) is 13.8 Å². The van der Waals surface area contributed by atoms with E-state index in [0.717, 1.165) is 41.0 Å². The number of amides is 1. The van der Waals surface area contributed by atoms with Crippen LogP contribution in [-0.2, 0) is 11.8 Å². The predicted octanol–water partition coefficient (Wildman–Crippen LogP) is 1.13. The van der Waals surface area contributed by atoms with Crippen molar-refractivity contribution < 1.29 is 4.79 Å². The van der Waals surface area contributed by atoms with Gasteiger partial charge in [-0.15, -0.1) is 0 Å². The van der Waals surface area contributed by atoms with Crippen molar-refractivity contribution in [3.63, 3.8) is 0 Å². The maximum absolute atomic E-state index is 12.1. The molecule has 1 aliphatic heterocycles. The van der Waals surface area contributed by atoms with Crippen LogP contribution in [0.5, 0.6) is 0 Å². The molecule has 2 aromatic heterocycles. The Morgan fingerprint density at radius 1 is 1.45 bits per heavy atom. The van der Waals surface area contributed by atoms with Crippen LogP contribution in [0.3, 0.4) is 0 Å². The van der Waals surface area contributed by atoms with Crippen molar-refractivity contribution in [2.24, 2.45) is 7.05 Å². The molecule has 3 rings (SSSR count). The van der Waals surface area contributed by atoms with E-state index in [1.807, 2.05) is 27.0 Å². The maximum Gasteiger partial charge on any atom is 0.251 e. The first-order valence-electron chi connectivity index (χ1n) is 6.56. The molecule has 20 heavy (non-hydrogen) atoms. The second kappa shape index (κ2) is 4.72. The van der Waals surface area contributed by atoms with Gasteiger partial charge in [0.1, 0.15) is 0 Å². The third-order valence-corrected chi connectivity index (χ3v) is 3.67. The van der Waals surface area contributed by atoms with E-state index in [-0.39, 0.29) is 5.91 Å². The summed E-state index contributed by atoms with van der Waals surface area (Å²) >= 11 is 0. The average Bonchev–Trinajstić information content (AvgIpc) is 2.62. The highest BCUT2D eigenvalue weighted by Gasteiger charge is 2.16. The zero-order valence-corrected chi connectivity index (χ0v) is 11.8. The van der Waals surface area contributed by atoms with Crippen molar-refractivity contribution in [1.82, 2.24) is 20.1 Å². The molecule has 2 aromatic rings. The van der Waals surface area contributed by atoms with Gasteiger partial charge in [0.15, 0.2) is 5.65 Å². The summed E-state index contributed by atoms with van der Waals surface area (Å²) in [6.45, 7) is 5.40. The third-order valence-electron chi connectivity index (χ3n) is 3.67. The first kappa shape index (κ1) is 12.8. The van der Waals surface area contributed by atoms with Crippen molar-refractivity contribution in [1.29, 1.82) is 0 Å². The van der Waals surface area contributed by atoms with E-state index >= 15 is 0 Å². The molecule has 0 radical (unpaired) electrons. The summed E-state index contributed by atoms with van der Waals surface area (Å²) in [4.78, 5) is 16.5. The third kappa shape index (κ3) is 2.08. The van der Waals surface area contributed by atoms with Gasteiger partial charge >= 0.3 is 0 Å². The van der Waals surface area contributed by atoms with Crippen LogP contribution < -0.4 is 10.6 Å². The molecule has 1 aliphatic rings. The number of nitrogens with zero attached hydrogens (tertiary/aromatic N) is 3. The molecule has 2 N–H and O–H groups in total. The summed E-state index contributed by atoms with van der Waals surface area (Å²) in [5.74, 6) is -0.0656. The summed E-state index contributed by atoms with van der Waals surface area (Å²) in [6.07, 6.45) is 1.67. The highest BCUT2D eigenvalue weighted by molar-refractivity contribution is 6.04. The van der Waals surface area contributed by atoms with Gasteiger partial charge in [-0.25, -0.2) is 4.98 Å². The Labute approximate surface area is 116 Å². The normalized spacial score (nSPS) is 14.2. The lowest BCUT2D eigenvalue weighted by Crippen LogP contribution is -2.36. The molecule has 1 fully saturated rings. The summed E-state index contributed by atoms with van der Waals surface area (Å²) in [6, 6.07) is 1.92. The van der Waals surface area contributed by atoms with Gasteiger partial charge in [0.05, 0.1) is 17.6 Å². The monoisotopic (exact) mass is 271 g/mol. The van der Waals surface area contributed by atoms with Crippen LogP contribution >= 0.6 is 0 Å². The van der Waals surface area contributed by atoms with Crippen molar-refractivity contribution in [3.8, 4) is 0 Å². The van der Waals surface area contributed by atoms with E-state index in [4.69, 9.17) is 0 Å². The fourth-order valence-electron chi connectivity index (χ4n) is 2.28. The van der Waals surface area contributed by atoms with Gasteiger partial charge in [-0.1, -0.05) is 0 Å². The van der Waals surface area contributed by atoms with Gasteiger partial charge < -0.3 is 10.6 Å². The molecular formula is C14H17N5O. The number of carbonyl (C=O) groups is 1.